The van der Waals surface area contributed by atoms with Crippen LogP contribution < -0.4 is 15.6 Å². The zero-order valence-electron chi connectivity index (χ0n) is 18.0. The van der Waals surface area contributed by atoms with Gasteiger partial charge in [0, 0.05) is 12.6 Å². The molecule has 1 aliphatic rings. The Morgan fingerprint density at radius 1 is 1.24 bits per heavy atom. The number of nitrogens with zero attached hydrogens (tertiary/aromatic N) is 4. The summed E-state index contributed by atoms with van der Waals surface area (Å²) in [4.78, 5) is 23.9. The van der Waals surface area contributed by atoms with Crippen LogP contribution in [-0.2, 0) is 4.79 Å². The van der Waals surface area contributed by atoms with Crippen LogP contribution in [0.4, 0.5) is 10.5 Å². The van der Waals surface area contributed by atoms with Crippen LogP contribution in [0.1, 0.15) is 44.1 Å². The monoisotopic (exact) mass is 526 g/mol. The van der Waals surface area contributed by atoms with Crippen LogP contribution in [0.15, 0.2) is 18.2 Å². The predicted octanol–water partition coefficient (Wildman–Crippen LogP) is 5.22. The fourth-order valence-electron chi connectivity index (χ4n) is 3.63. The summed E-state index contributed by atoms with van der Waals surface area (Å²) in [5.74, 6) is -0.299. The Kier molecular flexibility index (Phi) is 8.74. The van der Waals surface area contributed by atoms with Crippen molar-refractivity contribution >= 4 is 52.5 Å². The van der Waals surface area contributed by atoms with Gasteiger partial charge in [-0.3, -0.25) is 4.79 Å². The second kappa shape index (κ2) is 11.5. The summed E-state index contributed by atoms with van der Waals surface area (Å²) in [6.45, 7) is 1.38. The number of hydrogen-bond donors (Lipinski definition) is 3. The van der Waals surface area contributed by atoms with E-state index in [-0.39, 0.29) is 28.2 Å². The topological polar surface area (TPSA) is 140 Å². The number of imide groups is 1. The first-order valence-corrected chi connectivity index (χ1v) is 11.5. The first-order chi connectivity index (χ1) is 16.2. The molecule has 10 nitrogen and oxygen atoms in total. The number of hydrazine groups is 1. The Morgan fingerprint density at radius 3 is 2.44 bits per heavy atom. The van der Waals surface area contributed by atoms with E-state index in [1.807, 2.05) is 0 Å². The number of anilines is 1. The fraction of sp³-hybridized carbons (Fsp3) is 0.381. The van der Waals surface area contributed by atoms with Gasteiger partial charge in [0.2, 0.25) is 5.88 Å². The number of carboxylic acid groups (broad SMARTS) is 1. The summed E-state index contributed by atoms with van der Waals surface area (Å²) in [6.07, 6.45) is 2.85. The van der Waals surface area contributed by atoms with Crippen LogP contribution in [0.5, 0.6) is 11.6 Å². The minimum absolute atomic E-state index is 0.103. The normalized spacial score (nSPS) is 14.3. The van der Waals surface area contributed by atoms with E-state index in [4.69, 9.17) is 44.6 Å². The zero-order valence-corrected chi connectivity index (χ0v) is 20.3. The van der Waals surface area contributed by atoms with Crippen molar-refractivity contribution in [2.45, 2.75) is 44.6 Å². The van der Waals surface area contributed by atoms with Crippen molar-refractivity contribution in [3.05, 3.63) is 39.0 Å². The zero-order chi connectivity index (χ0) is 24.8. The van der Waals surface area contributed by atoms with Crippen LogP contribution in [0, 0.1) is 11.3 Å². The lowest BCUT2D eigenvalue weighted by molar-refractivity contribution is -0.129. The average Bonchev–Trinajstić information content (AvgIpc) is 3.32. The molecule has 0 radical (unpaired) electrons. The first-order valence-electron chi connectivity index (χ1n) is 10.4. The third-order valence-electron chi connectivity index (χ3n) is 5.30. The molecule has 1 unspecified atom stereocenters. The van der Waals surface area contributed by atoms with Gasteiger partial charge in [-0.2, -0.15) is 5.26 Å². The Hall–Kier alpha value is -2.84. The maximum Gasteiger partial charge on any atom is 0.414 e. The van der Waals surface area contributed by atoms with E-state index < -0.39 is 18.0 Å². The van der Waals surface area contributed by atoms with E-state index in [0.29, 0.717) is 21.7 Å². The second-order valence-electron chi connectivity index (χ2n) is 7.48. The van der Waals surface area contributed by atoms with Gasteiger partial charge < -0.3 is 15.3 Å². The molecule has 1 aromatic carbocycles. The standard InChI is InChI=1S/C21H21Cl3N6O4/c1-2-30(21(32)33)20(31)16(10-25)27-26-12-7-14(22)18(15(23)8-12)34-17-9-13(19(24)29-28-17)11-5-3-4-6-11/h7-9,11,16,26-27H,2-6H2,1H3,(H,32,33). The molecule has 0 spiro atoms. The number of likely N-dealkylation sites (N-methyl/N-ethyl adjacent to an activating group) is 1. The lowest BCUT2D eigenvalue weighted by Crippen LogP contribution is -2.49. The van der Waals surface area contributed by atoms with Crippen LogP contribution in [0.2, 0.25) is 15.2 Å². The van der Waals surface area contributed by atoms with Gasteiger partial charge in [0.05, 0.1) is 21.8 Å². The smallest absolute Gasteiger partial charge is 0.414 e. The van der Waals surface area contributed by atoms with Gasteiger partial charge in [-0.15, -0.1) is 10.2 Å². The number of ether oxygens (including phenoxy) is 1. The molecule has 0 saturated heterocycles. The number of hydrogen-bond acceptors (Lipinski definition) is 8. The number of halogens is 3. The average molecular weight is 528 g/mol. The van der Waals surface area contributed by atoms with Gasteiger partial charge in [-0.25, -0.2) is 15.1 Å². The maximum absolute atomic E-state index is 12.2. The molecule has 3 N–H and O–H groups in total. The number of carbonyl (C=O) groups excluding carboxylic acids is 1. The maximum atomic E-state index is 12.2. The molecule has 1 fully saturated rings. The highest BCUT2D eigenvalue weighted by molar-refractivity contribution is 6.37. The van der Waals surface area contributed by atoms with Gasteiger partial charge in [0.25, 0.3) is 5.91 Å². The fourth-order valence-corrected chi connectivity index (χ4v) is 4.44. The van der Waals surface area contributed by atoms with Gasteiger partial charge in [0.15, 0.2) is 16.9 Å². The van der Waals surface area contributed by atoms with Gasteiger partial charge in [-0.05, 0) is 43.4 Å². The van der Waals surface area contributed by atoms with Crippen LogP contribution in [0.25, 0.3) is 0 Å². The quantitative estimate of drug-likeness (QED) is 0.394. The molecular weight excluding hydrogens is 507 g/mol. The van der Waals surface area contributed by atoms with Crippen molar-refractivity contribution in [1.29, 1.82) is 5.26 Å². The number of benzene rings is 1. The number of rotatable bonds is 8. The molecule has 1 aromatic heterocycles. The lowest BCUT2D eigenvalue weighted by atomic mass is 10.0. The van der Waals surface area contributed by atoms with Crippen LogP contribution in [-0.4, -0.2) is 44.8 Å². The molecule has 1 saturated carbocycles. The SMILES string of the molecule is CCN(C(=O)O)C(=O)C(C#N)NNc1cc(Cl)c(Oc2cc(C3CCCC3)c(Cl)nn2)c(Cl)c1. The summed E-state index contributed by atoms with van der Waals surface area (Å²) < 4.78 is 5.78. The first kappa shape index (κ1) is 25.8. The van der Waals surface area contributed by atoms with Crippen LogP contribution in [0.3, 0.4) is 0 Å². The Balaban J connectivity index is 1.73. The van der Waals surface area contributed by atoms with Crippen molar-refractivity contribution in [2.75, 3.05) is 12.0 Å². The Labute approximate surface area is 210 Å². The van der Waals surface area contributed by atoms with E-state index in [0.717, 1.165) is 31.2 Å². The molecule has 0 bridgehead atoms. The van der Waals surface area contributed by atoms with Gasteiger partial charge in [-0.1, -0.05) is 47.6 Å². The van der Waals surface area contributed by atoms with E-state index in [1.54, 1.807) is 12.1 Å². The minimum atomic E-state index is -1.47. The second-order valence-corrected chi connectivity index (χ2v) is 8.65. The number of aromatic nitrogens is 2. The lowest BCUT2D eigenvalue weighted by Gasteiger charge is -2.20. The third-order valence-corrected chi connectivity index (χ3v) is 6.16. The van der Waals surface area contributed by atoms with Crippen LogP contribution >= 0.6 is 34.8 Å². The van der Waals surface area contributed by atoms with Gasteiger partial charge in [0.1, 0.15) is 0 Å². The summed E-state index contributed by atoms with van der Waals surface area (Å²) in [5, 5.41) is 26.9. The van der Waals surface area contributed by atoms with E-state index in [1.165, 1.54) is 19.1 Å². The number of nitriles is 1. The summed E-state index contributed by atoms with van der Waals surface area (Å²) in [7, 11) is 0. The molecule has 13 heteroatoms. The van der Waals surface area contributed by atoms with Crippen molar-refractivity contribution in [3.63, 3.8) is 0 Å². The molecule has 0 aliphatic heterocycles. The van der Waals surface area contributed by atoms with Crippen molar-refractivity contribution in [2.24, 2.45) is 0 Å². The van der Waals surface area contributed by atoms with Crippen molar-refractivity contribution < 1.29 is 19.4 Å². The molecule has 1 aliphatic carbocycles. The molecule has 1 atom stereocenters. The third kappa shape index (κ3) is 5.98. The molecule has 34 heavy (non-hydrogen) atoms. The Bertz CT molecular complexity index is 1100. The van der Waals surface area contributed by atoms with E-state index in [9.17, 15) is 14.9 Å². The molecular formula is C21H21Cl3N6O4. The van der Waals surface area contributed by atoms with E-state index in [2.05, 4.69) is 21.0 Å². The summed E-state index contributed by atoms with van der Waals surface area (Å²) in [5.41, 5.74) is 6.28. The Morgan fingerprint density at radius 2 is 1.88 bits per heavy atom. The highest BCUT2D eigenvalue weighted by atomic mass is 35.5. The van der Waals surface area contributed by atoms with Gasteiger partial charge >= 0.3 is 6.09 Å². The number of carbonyl (C=O) groups is 2. The predicted molar refractivity (Wildman–Crippen MR) is 126 cm³/mol. The summed E-state index contributed by atoms with van der Waals surface area (Å²) in [6, 6.07) is 4.86. The molecule has 2 aromatic rings. The van der Waals surface area contributed by atoms with Crippen molar-refractivity contribution in [3.8, 4) is 17.7 Å². The minimum Gasteiger partial charge on any atom is -0.465 e. The summed E-state index contributed by atoms with van der Waals surface area (Å²) >= 11 is 18.9. The highest BCUT2D eigenvalue weighted by Crippen LogP contribution is 2.41. The molecule has 3 rings (SSSR count). The van der Waals surface area contributed by atoms with Crippen molar-refractivity contribution in [1.82, 2.24) is 20.5 Å². The molecule has 2 amide bonds. The molecule has 1 heterocycles. The largest absolute Gasteiger partial charge is 0.465 e. The molecule has 180 valence electrons. The highest BCUT2D eigenvalue weighted by Gasteiger charge is 2.27. The van der Waals surface area contributed by atoms with E-state index >= 15 is 0 Å². The number of amides is 2. The number of nitrogens with one attached hydrogen (secondary N) is 2.